The fraction of sp³-hybridized carbons (Fsp3) is 0.941. The van der Waals surface area contributed by atoms with Gasteiger partial charge in [-0.3, -0.25) is 4.79 Å². The zero-order chi connectivity index (χ0) is 17.7. The predicted molar refractivity (Wildman–Crippen MR) is 87.8 cm³/mol. The summed E-state index contributed by atoms with van der Waals surface area (Å²) in [5, 5.41) is 3.39. The van der Waals surface area contributed by atoms with Gasteiger partial charge in [0.25, 0.3) is 0 Å². The minimum Gasteiger partial charge on any atom is -0.339 e. The second-order valence-electron chi connectivity index (χ2n) is 7.25. The van der Waals surface area contributed by atoms with Crippen LogP contribution in [0.3, 0.4) is 0 Å². The number of nitrogens with zero attached hydrogens (tertiary/aromatic N) is 2. The number of likely N-dealkylation sites (tertiary alicyclic amines) is 2. The SMILES string of the molecule is C[C@@H]1CCCCN1C(=O)[C@@H](C)NC1CCN(CCC(F)(F)F)CC1. The van der Waals surface area contributed by atoms with E-state index in [1.807, 2.05) is 16.7 Å². The van der Waals surface area contributed by atoms with Gasteiger partial charge in [0.15, 0.2) is 0 Å². The van der Waals surface area contributed by atoms with Crippen LogP contribution in [0, 0.1) is 0 Å². The van der Waals surface area contributed by atoms with E-state index in [-0.39, 0.29) is 24.5 Å². The summed E-state index contributed by atoms with van der Waals surface area (Å²) in [5.74, 6) is 0.154. The van der Waals surface area contributed by atoms with Crippen LogP contribution < -0.4 is 5.32 Å². The van der Waals surface area contributed by atoms with Crippen molar-refractivity contribution in [2.24, 2.45) is 0 Å². The first kappa shape index (κ1) is 19.5. The van der Waals surface area contributed by atoms with Crippen LogP contribution in [0.4, 0.5) is 13.2 Å². The molecule has 0 saturated carbocycles. The highest BCUT2D eigenvalue weighted by Crippen LogP contribution is 2.22. The molecule has 0 radical (unpaired) electrons. The summed E-state index contributed by atoms with van der Waals surface area (Å²) in [6.45, 7) is 6.24. The van der Waals surface area contributed by atoms with Gasteiger partial charge in [0.05, 0.1) is 12.5 Å². The summed E-state index contributed by atoms with van der Waals surface area (Å²) in [6, 6.07) is 0.295. The van der Waals surface area contributed by atoms with Crippen molar-refractivity contribution in [1.29, 1.82) is 0 Å². The van der Waals surface area contributed by atoms with Crippen molar-refractivity contribution in [3.63, 3.8) is 0 Å². The van der Waals surface area contributed by atoms with Crippen LogP contribution >= 0.6 is 0 Å². The number of carbonyl (C=O) groups excluding carboxylic acids is 1. The molecule has 140 valence electrons. The quantitative estimate of drug-likeness (QED) is 0.829. The Morgan fingerprint density at radius 2 is 1.83 bits per heavy atom. The molecule has 4 nitrogen and oxygen atoms in total. The maximum Gasteiger partial charge on any atom is 0.390 e. The molecule has 0 aromatic heterocycles. The third-order valence-electron chi connectivity index (χ3n) is 5.24. The van der Waals surface area contributed by atoms with Crippen molar-refractivity contribution in [3.8, 4) is 0 Å². The average molecular weight is 349 g/mol. The van der Waals surface area contributed by atoms with E-state index < -0.39 is 12.6 Å². The van der Waals surface area contributed by atoms with Crippen LogP contribution in [-0.2, 0) is 4.79 Å². The van der Waals surface area contributed by atoms with E-state index in [0.717, 1.165) is 32.2 Å². The Kier molecular flexibility index (Phi) is 6.92. The van der Waals surface area contributed by atoms with E-state index in [0.29, 0.717) is 19.1 Å². The third kappa shape index (κ3) is 5.92. The molecule has 2 aliphatic rings. The standard InChI is InChI=1S/C17H30F3N3O/c1-13-5-3-4-9-23(13)16(24)14(2)21-15-6-10-22(11-7-15)12-8-17(18,19)20/h13-15,21H,3-12H2,1-2H3/t13-,14-/m1/s1. The second kappa shape index (κ2) is 8.52. The van der Waals surface area contributed by atoms with Gasteiger partial charge in [-0.1, -0.05) is 0 Å². The van der Waals surface area contributed by atoms with Crippen LogP contribution in [0.5, 0.6) is 0 Å². The van der Waals surface area contributed by atoms with Crippen LogP contribution in [0.25, 0.3) is 0 Å². The molecule has 1 amide bonds. The summed E-state index contributed by atoms with van der Waals surface area (Å²) in [4.78, 5) is 16.4. The lowest BCUT2D eigenvalue weighted by molar-refractivity contribution is -0.139. The van der Waals surface area contributed by atoms with Crippen molar-refractivity contribution in [2.45, 2.75) is 76.7 Å². The highest BCUT2D eigenvalue weighted by molar-refractivity contribution is 5.81. The topological polar surface area (TPSA) is 35.6 Å². The monoisotopic (exact) mass is 349 g/mol. The molecule has 0 spiro atoms. The van der Waals surface area contributed by atoms with Gasteiger partial charge in [0.1, 0.15) is 0 Å². The van der Waals surface area contributed by atoms with Gasteiger partial charge in [-0.25, -0.2) is 0 Å². The fourth-order valence-corrected chi connectivity index (χ4v) is 3.71. The zero-order valence-corrected chi connectivity index (χ0v) is 14.7. The number of piperidine rings is 2. The Hall–Kier alpha value is -0.820. The maximum absolute atomic E-state index is 12.6. The van der Waals surface area contributed by atoms with Crippen LogP contribution in [-0.4, -0.2) is 66.2 Å². The Labute approximate surface area is 142 Å². The number of hydrogen-bond donors (Lipinski definition) is 1. The normalized spacial score (nSPS) is 25.7. The average Bonchev–Trinajstić information content (AvgIpc) is 2.53. The summed E-state index contributed by atoms with van der Waals surface area (Å²) in [7, 11) is 0. The van der Waals surface area contributed by atoms with Gasteiger partial charge >= 0.3 is 6.18 Å². The molecular formula is C17H30F3N3O. The number of nitrogens with one attached hydrogen (secondary N) is 1. The number of alkyl halides is 3. The first-order valence-corrected chi connectivity index (χ1v) is 9.12. The minimum atomic E-state index is -4.08. The molecule has 0 aromatic carbocycles. The van der Waals surface area contributed by atoms with Crippen molar-refractivity contribution in [2.75, 3.05) is 26.2 Å². The molecular weight excluding hydrogens is 319 g/mol. The number of amides is 1. The van der Waals surface area contributed by atoms with E-state index >= 15 is 0 Å². The Bertz CT molecular complexity index is 408. The minimum absolute atomic E-state index is 0.0794. The highest BCUT2D eigenvalue weighted by Gasteiger charge is 2.31. The maximum atomic E-state index is 12.6. The van der Waals surface area contributed by atoms with E-state index in [4.69, 9.17) is 0 Å². The van der Waals surface area contributed by atoms with E-state index in [1.165, 1.54) is 6.42 Å². The van der Waals surface area contributed by atoms with Crippen LogP contribution in [0.1, 0.15) is 52.4 Å². The largest absolute Gasteiger partial charge is 0.390 e. The molecule has 2 heterocycles. The number of carbonyl (C=O) groups is 1. The Morgan fingerprint density at radius 3 is 2.42 bits per heavy atom. The first-order valence-electron chi connectivity index (χ1n) is 9.12. The highest BCUT2D eigenvalue weighted by atomic mass is 19.4. The number of rotatable bonds is 5. The lowest BCUT2D eigenvalue weighted by Crippen LogP contribution is -2.54. The lowest BCUT2D eigenvalue weighted by Gasteiger charge is -2.38. The van der Waals surface area contributed by atoms with Gasteiger partial charge in [-0.15, -0.1) is 0 Å². The van der Waals surface area contributed by atoms with Crippen LogP contribution in [0.15, 0.2) is 0 Å². The van der Waals surface area contributed by atoms with Gasteiger partial charge in [0.2, 0.25) is 5.91 Å². The molecule has 7 heteroatoms. The fourth-order valence-electron chi connectivity index (χ4n) is 3.71. The molecule has 0 aliphatic carbocycles. The van der Waals surface area contributed by atoms with Crippen molar-refractivity contribution in [1.82, 2.24) is 15.1 Å². The zero-order valence-electron chi connectivity index (χ0n) is 14.7. The van der Waals surface area contributed by atoms with Crippen molar-refractivity contribution < 1.29 is 18.0 Å². The van der Waals surface area contributed by atoms with Gasteiger partial charge in [-0.05, 0) is 59.0 Å². The number of hydrogen-bond acceptors (Lipinski definition) is 3. The Balaban J connectivity index is 1.71. The summed E-state index contributed by atoms with van der Waals surface area (Å²) >= 11 is 0. The third-order valence-corrected chi connectivity index (χ3v) is 5.24. The molecule has 24 heavy (non-hydrogen) atoms. The molecule has 2 aliphatic heterocycles. The summed E-state index contributed by atoms with van der Waals surface area (Å²) < 4.78 is 36.8. The van der Waals surface area contributed by atoms with Crippen LogP contribution in [0.2, 0.25) is 0 Å². The summed E-state index contributed by atoms with van der Waals surface area (Å²) in [5.41, 5.74) is 0. The molecule has 2 rings (SSSR count). The molecule has 2 fully saturated rings. The molecule has 2 saturated heterocycles. The smallest absolute Gasteiger partial charge is 0.339 e. The molecule has 0 aromatic rings. The first-order chi connectivity index (χ1) is 11.3. The van der Waals surface area contributed by atoms with Crippen molar-refractivity contribution in [3.05, 3.63) is 0 Å². The molecule has 1 N–H and O–H groups in total. The van der Waals surface area contributed by atoms with Crippen molar-refractivity contribution >= 4 is 5.91 Å². The lowest BCUT2D eigenvalue weighted by atomic mass is 10.0. The van der Waals surface area contributed by atoms with Gasteiger partial charge in [0, 0.05) is 25.2 Å². The predicted octanol–water partition coefficient (Wildman–Crippen LogP) is 2.78. The van der Waals surface area contributed by atoms with E-state index in [1.54, 1.807) is 0 Å². The second-order valence-corrected chi connectivity index (χ2v) is 7.25. The Morgan fingerprint density at radius 1 is 1.17 bits per heavy atom. The molecule has 0 bridgehead atoms. The van der Waals surface area contributed by atoms with E-state index in [2.05, 4.69) is 12.2 Å². The molecule has 0 unspecified atom stereocenters. The molecule has 2 atom stereocenters. The van der Waals surface area contributed by atoms with Gasteiger partial charge < -0.3 is 15.1 Å². The number of halogens is 3. The van der Waals surface area contributed by atoms with E-state index in [9.17, 15) is 18.0 Å². The van der Waals surface area contributed by atoms with Gasteiger partial charge in [-0.2, -0.15) is 13.2 Å². The summed E-state index contributed by atoms with van der Waals surface area (Å²) in [6.07, 6.45) is 0.0870.